The number of hydrogen-bond donors (Lipinski definition) is 0. The first-order chi connectivity index (χ1) is 3.77. The summed E-state index contributed by atoms with van der Waals surface area (Å²) in [5.74, 6) is 0. The fourth-order valence-electron chi connectivity index (χ4n) is 0.169. The Hall–Kier alpha value is 0.0500. The van der Waals surface area contributed by atoms with E-state index in [2.05, 4.69) is 29.1 Å². The molecule has 44 valence electrons. The molecule has 0 rings (SSSR count). The summed E-state index contributed by atoms with van der Waals surface area (Å²) < 4.78 is 0.913. The summed E-state index contributed by atoms with van der Waals surface area (Å²) in [6, 6.07) is 0. The van der Waals surface area contributed by atoms with Crippen LogP contribution in [0.25, 0.3) is 0 Å². The van der Waals surface area contributed by atoms with E-state index in [4.69, 9.17) is 0 Å². The van der Waals surface area contributed by atoms with Crippen LogP contribution in [0.5, 0.6) is 0 Å². The first-order valence-corrected chi connectivity index (χ1v) is 3.73. The van der Waals surface area contributed by atoms with E-state index in [9.17, 15) is 0 Å². The summed E-state index contributed by atoms with van der Waals surface area (Å²) in [5.41, 5.74) is 0. The Morgan fingerprint density at radius 1 is 1.62 bits per heavy atom. The molecule has 0 heterocycles. The zero-order chi connectivity index (χ0) is 6.41. The maximum atomic E-state index is 3.62. The molecule has 0 aromatic heterocycles. The normalized spacial score (nSPS) is 9.62. The molecule has 0 N–H and O–H groups in total. The molecule has 0 aliphatic carbocycles. The minimum Gasteiger partial charge on any atom is -0.0990 e. The standard InChI is InChI=1S/C6H7BrS/c1-3-4-5-8-6(2)7/h3-5H,1-2H2/b5-4-. The lowest BCUT2D eigenvalue weighted by atomic mass is 10.6. The van der Waals surface area contributed by atoms with Gasteiger partial charge in [-0.05, 0) is 21.3 Å². The highest BCUT2D eigenvalue weighted by atomic mass is 79.9. The number of allylic oxidation sites excluding steroid dienone is 2. The molecule has 0 spiro atoms. The van der Waals surface area contributed by atoms with Gasteiger partial charge in [0.2, 0.25) is 0 Å². The lowest BCUT2D eigenvalue weighted by Crippen LogP contribution is -1.46. The van der Waals surface area contributed by atoms with Crippen LogP contribution in [0, 0.1) is 0 Å². The van der Waals surface area contributed by atoms with Gasteiger partial charge in [-0.25, -0.2) is 0 Å². The van der Waals surface area contributed by atoms with Crippen LogP contribution in [0.3, 0.4) is 0 Å². The summed E-state index contributed by atoms with van der Waals surface area (Å²) in [4.78, 5) is 0. The highest BCUT2D eigenvalue weighted by Crippen LogP contribution is 2.19. The van der Waals surface area contributed by atoms with E-state index in [1.807, 2.05) is 11.5 Å². The number of thioether (sulfide) groups is 1. The van der Waals surface area contributed by atoms with Crippen LogP contribution < -0.4 is 0 Å². The summed E-state index contributed by atoms with van der Waals surface area (Å²) in [6.07, 6.45) is 3.58. The van der Waals surface area contributed by atoms with Crippen LogP contribution in [0.1, 0.15) is 0 Å². The molecule has 8 heavy (non-hydrogen) atoms. The van der Waals surface area contributed by atoms with Gasteiger partial charge in [0.25, 0.3) is 0 Å². The Morgan fingerprint density at radius 3 is 2.62 bits per heavy atom. The van der Waals surface area contributed by atoms with Gasteiger partial charge in [0, 0.05) is 3.81 Å². The highest BCUT2D eigenvalue weighted by molar-refractivity contribution is 9.14. The Kier molecular flexibility index (Phi) is 5.22. The fourth-order valence-corrected chi connectivity index (χ4v) is 0.830. The molecule has 0 saturated carbocycles. The molecule has 0 aromatic rings. The van der Waals surface area contributed by atoms with Crippen molar-refractivity contribution in [1.29, 1.82) is 0 Å². The summed E-state index contributed by atoms with van der Waals surface area (Å²) >= 11 is 4.71. The van der Waals surface area contributed by atoms with Crippen LogP contribution >= 0.6 is 27.7 Å². The fraction of sp³-hybridized carbons (Fsp3) is 0. The smallest absolute Gasteiger partial charge is 0.0473 e. The minimum absolute atomic E-state index is 0.913. The van der Waals surface area contributed by atoms with Crippen molar-refractivity contribution in [2.45, 2.75) is 0 Å². The van der Waals surface area contributed by atoms with Gasteiger partial charge in [0.05, 0.1) is 0 Å². The van der Waals surface area contributed by atoms with Gasteiger partial charge in [-0.15, -0.1) is 0 Å². The molecule has 2 heteroatoms. The quantitative estimate of drug-likeness (QED) is 0.617. The Balaban J connectivity index is 3.29. The van der Waals surface area contributed by atoms with Gasteiger partial charge >= 0.3 is 0 Å². The average molecular weight is 191 g/mol. The predicted octanol–water partition coefficient (Wildman–Crippen LogP) is 3.29. The molecule has 0 saturated heterocycles. The summed E-state index contributed by atoms with van der Waals surface area (Å²) in [7, 11) is 0. The van der Waals surface area contributed by atoms with Gasteiger partial charge in [-0.1, -0.05) is 37.1 Å². The van der Waals surface area contributed by atoms with E-state index in [-0.39, 0.29) is 0 Å². The van der Waals surface area contributed by atoms with Gasteiger partial charge in [0.15, 0.2) is 0 Å². The average Bonchev–Trinajstić information content (AvgIpc) is 1.66. The maximum absolute atomic E-state index is 3.62. The van der Waals surface area contributed by atoms with Gasteiger partial charge in [0.1, 0.15) is 0 Å². The zero-order valence-corrected chi connectivity index (χ0v) is 6.83. The number of halogens is 1. The number of hydrogen-bond acceptors (Lipinski definition) is 1. The van der Waals surface area contributed by atoms with E-state index in [0.29, 0.717) is 0 Å². The highest BCUT2D eigenvalue weighted by Gasteiger charge is 1.77. The zero-order valence-electron chi connectivity index (χ0n) is 4.43. The van der Waals surface area contributed by atoms with E-state index in [0.717, 1.165) is 3.81 Å². The van der Waals surface area contributed by atoms with Crippen molar-refractivity contribution in [3.05, 3.63) is 34.5 Å². The second kappa shape index (κ2) is 5.19. The molecular weight excluding hydrogens is 184 g/mol. The van der Waals surface area contributed by atoms with Crippen LogP contribution in [0.4, 0.5) is 0 Å². The first-order valence-electron chi connectivity index (χ1n) is 2.06. The summed E-state index contributed by atoms with van der Waals surface area (Å²) in [5, 5.41) is 1.91. The molecular formula is C6H7BrS. The van der Waals surface area contributed by atoms with Crippen molar-refractivity contribution in [3.63, 3.8) is 0 Å². The van der Waals surface area contributed by atoms with Gasteiger partial charge in [-0.3, -0.25) is 0 Å². The molecule has 0 atom stereocenters. The predicted molar refractivity (Wildman–Crippen MR) is 45.0 cm³/mol. The van der Waals surface area contributed by atoms with Crippen molar-refractivity contribution in [3.8, 4) is 0 Å². The Bertz CT molecular complexity index is 116. The van der Waals surface area contributed by atoms with Gasteiger partial charge < -0.3 is 0 Å². The molecule has 0 radical (unpaired) electrons. The van der Waals surface area contributed by atoms with Gasteiger partial charge in [-0.2, -0.15) is 0 Å². The van der Waals surface area contributed by atoms with Crippen molar-refractivity contribution in [1.82, 2.24) is 0 Å². The topological polar surface area (TPSA) is 0 Å². The monoisotopic (exact) mass is 190 g/mol. The Morgan fingerprint density at radius 2 is 2.25 bits per heavy atom. The third kappa shape index (κ3) is 6.05. The van der Waals surface area contributed by atoms with E-state index < -0.39 is 0 Å². The lowest BCUT2D eigenvalue weighted by molar-refractivity contribution is 2.12. The SMILES string of the molecule is C=C/C=C\SC(=C)Br. The molecule has 0 aliphatic rings. The van der Waals surface area contributed by atoms with Crippen LogP contribution in [-0.2, 0) is 0 Å². The first kappa shape index (κ1) is 8.05. The van der Waals surface area contributed by atoms with Crippen LogP contribution in [0.15, 0.2) is 34.5 Å². The second-order valence-corrected chi connectivity index (χ2v) is 3.52. The van der Waals surface area contributed by atoms with Crippen molar-refractivity contribution < 1.29 is 0 Å². The largest absolute Gasteiger partial charge is 0.0990 e. The maximum Gasteiger partial charge on any atom is 0.0473 e. The summed E-state index contributed by atoms with van der Waals surface area (Å²) in [6.45, 7) is 7.13. The van der Waals surface area contributed by atoms with Crippen molar-refractivity contribution in [2.75, 3.05) is 0 Å². The molecule has 0 aromatic carbocycles. The molecule has 0 unspecified atom stereocenters. The number of rotatable bonds is 3. The van der Waals surface area contributed by atoms with Crippen LogP contribution in [-0.4, -0.2) is 0 Å². The van der Waals surface area contributed by atoms with Crippen molar-refractivity contribution in [2.24, 2.45) is 0 Å². The molecule has 0 nitrogen and oxygen atoms in total. The molecule has 0 fully saturated rings. The molecule has 0 amide bonds. The van der Waals surface area contributed by atoms with E-state index in [1.54, 1.807) is 6.08 Å². The molecule has 0 bridgehead atoms. The lowest BCUT2D eigenvalue weighted by Gasteiger charge is -1.82. The molecule has 0 aliphatic heterocycles. The third-order valence-electron chi connectivity index (χ3n) is 0.411. The minimum atomic E-state index is 0.913. The van der Waals surface area contributed by atoms with E-state index >= 15 is 0 Å². The van der Waals surface area contributed by atoms with Crippen molar-refractivity contribution >= 4 is 27.7 Å². The second-order valence-electron chi connectivity index (χ2n) is 1.04. The van der Waals surface area contributed by atoms with Crippen LogP contribution in [0.2, 0.25) is 0 Å². The van der Waals surface area contributed by atoms with E-state index in [1.165, 1.54) is 11.8 Å². The third-order valence-corrected chi connectivity index (χ3v) is 1.52. The Labute approximate surface area is 62.5 Å².